The number of anilines is 6. The lowest BCUT2D eigenvalue weighted by molar-refractivity contribution is -0.193. The van der Waals surface area contributed by atoms with Crippen molar-refractivity contribution in [3.05, 3.63) is 83.1 Å². The molecule has 282 valence electrons. The van der Waals surface area contributed by atoms with Crippen LogP contribution >= 0.6 is 11.6 Å². The zero-order valence-corrected chi connectivity index (χ0v) is 28.6. The van der Waals surface area contributed by atoms with Crippen LogP contribution in [-0.4, -0.2) is 62.9 Å². The van der Waals surface area contributed by atoms with Gasteiger partial charge in [0.2, 0.25) is 17.6 Å². The molecule has 2 aliphatic rings. The van der Waals surface area contributed by atoms with Crippen molar-refractivity contribution < 1.29 is 45.1 Å². The monoisotopic (exact) mass is 774 g/mol. The first-order valence-corrected chi connectivity index (χ1v) is 16.8. The van der Waals surface area contributed by atoms with Crippen LogP contribution in [0.1, 0.15) is 30.4 Å². The molecule has 2 aliphatic heterocycles. The molecular formula is C35H29ClF6N8O4. The molecule has 3 N–H and O–H groups in total. The van der Waals surface area contributed by atoms with Gasteiger partial charge in [0.1, 0.15) is 10.5 Å². The van der Waals surface area contributed by atoms with Gasteiger partial charge in [-0.15, -0.1) is 0 Å². The molecule has 1 saturated heterocycles. The van der Waals surface area contributed by atoms with Gasteiger partial charge in [-0.3, -0.25) is 14.4 Å². The van der Waals surface area contributed by atoms with Crippen molar-refractivity contribution in [1.29, 1.82) is 0 Å². The van der Waals surface area contributed by atoms with Gasteiger partial charge in [0.15, 0.2) is 5.82 Å². The fourth-order valence-electron chi connectivity index (χ4n) is 5.81. The third kappa shape index (κ3) is 9.41. The number of hydrogen-bond donors (Lipinski definition) is 3. The van der Waals surface area contributed by atoms with Gasteiger partial charge in [0.05, 0.1) is 6.20 Å². The summed E-state index contributed by atoms with van der Waals surface area (Å²) in [6, 6.07) is 18.5. The maximum absolute atomic E-state index is 13.2. The smallest absolute Gasteiger partial charge is 0.404 e. The van der Waals surface area contributed by atoms with Crippen LogP contribution in [0.3, 0.4) is 0 Å². The number of alkyl halides is 6. The van der Waals surface area contributed by atoms with E-state index in [-0.39, 0.29) is 5.91 Å². The second-order valence-electron chi connectivity index (χ2n) is 12.4. The fourth-order valence-corrected chi connectivity index (χ4v) is 5.95. The van der Waals surface area contributed by atoms with E-state index in [2.05, 4.69) is 59.0 Å². The summed E-state index contributed by atoms with van der Waals surface area (Å²) < 4.78 is 72.8. The first kappa shape index (κ1) is 38.0. The summed E-state index contributed by atoms with van der Waals surface area (Å²) in [4.78, 5) is 52.3. The van der Waals surface area contributed by atoms with E-state index in [9.17, 15) is 40.7 Å². The number of aromatic nitrogens is 4. The van der Waals surface area contributed by atoms with Crippen molar-refractivity contribution in [1.82, 2.24) is 19.9 Å². The number of amides is 1. The molecule has 5 heterocycles. The topological polar surface area (TPSA) is 155 Å². The summed E-state index contributed by atoms with van der Waals surface area (Å²) >= 11 is 6.40. The van der Waals surface area contributed by atoms with Crippen LogP contribution in [-0.2, 0) is 27.2 Å². The number of nitrogens with one attached hydrogen (secondary N) is 3. The van der Waals surface area contributed by atoms with Gasteiger partial charge in [0, 0.05) is 42.8 Å². The molecule has 0 unspecified atom stereocenters. The molecular weight excluding hydrogens is 746 g/mol. The van der Waals surface area contributed by atoms with E-state index < -0.39 is 23.9 Å². The summed E-state index contributed by atoms with van der Waals surface area (Å²) in [6.45, 7) is 1.58. The minimum atomic E-state index is -5.77. The second kappa shape index (κ2) is 15.7. The van der Waals surface area contributed by atoms with Gasteiger partial charge < -0.3 is 25.3 Å². The third-order valence-corrected chi connectivity index (χ3v) is 8.76. The molecule has 7 rings (SSSR count). The number of Topliss-reactive ketones (excluding diaryl/α,β-unsaturated/α-hetero) is 2. The molecule has 0 saturated carbocycles. The highest BCUT2D eigenvalue weighted by atomic mass is 35.5. The number of halogens is 7. The summed E-state index contributed by atoms with van der Waals surface area (Å²) in [5.74, 6) is -5.54. The molecule has 0 spiro atoms. The Kier molecular flexibility index (Phi) is 11.0. The Labute approximate surface area is 307 Å². The zero-order chi connectivity index (χ0) is 38.6. The van der Waals surface area contributed by atoms with Gasteiger partial charge in [-0.1, -0.05) is 23.7 Å². The Balaban J connectivity index is 0.000000359. The Hall–Kier alpha value is -5.78. The molecule has 19 heteroatoms. The van der Waals surface area contributed by atoms with Crippen LogP contribution in [0.25, 0.3) is 11.2 Å². The molecule has 2 aromatic carbocycles. The molecule has 54 heavy (non-hydrogen) atoms. The largest absolute Gasteiger partial charge is 0.458 e. The number of carbonyl (C=O) groups excluding carboxylic acids is 3. The number of rotatable bonds is 5. The highest BCUT2D eigenvalue weighted by molar-refractivity contribution is 6.41. The minimum absolute atomic E-state index is 0.0223. The lowest BCUT2D eigenvalue weighted by atomic mass is 9.93. The summed E-state index contributed by atoms with van der Waals surface area (Å²) in [5.41, 5.74) is 6.07. The molecule has 6 bridgehead atoms. The van der Waals surface area contributed by atoms with E-state index >= 15 is 0 Å². The molecule has 0 radical (unpaired) electrons. The summed E-state index contributed by atoms with van der Waals surface area (Å²) in [6.07, 6.45) is -4.45. The van der Waals surface area contributed by atoms with Crippen LogP contribution in [0.4, 0.5) is 61.2 Å². The lowest BCUT2D eigenvalue weighted by Gasteiger charge is -2.30. The van der Waals surface area contributed by atoms with Crippen molar-refractivity contribution >= 4 is 75.1 Å². The molecule has 1 fully saturated rings. The van der Waals surface area contributed by atoms with Gasteiger partial charge in [-0.2, -0.15) is 36.3 Å². The molecule has 5 aromatic rings. The second-order valence-corrected chi connectivity index (χ2v) is 12.8. The number of hydrogen-bond acceptors (Lipinski definition) is 11. The highest BCUT2D eigenvalue weighted by Gasteiger charge is 2.54. The first-order valence-electron chi connectivity index (χ1n) is 16.4. The van der Waals surface area contributed by atoms with Crippen LogP contribution in [0.5, 0.6) is 0 Å². The zero-order valence-electron chi connectivity index (χ0n) is 27.9. The summed E-state index contributed by atoms with van der Waals surface area (Å²) in [5, 5.41) is 10.2. The van der Waals surface area contributed by atoms with Crippen molar-refractivity contribution in [3.63, 3.8) is 0 Å². The fraction of sp³-hybridized carbons (Fsp3) is 0.286. The van der Waals surface area contributed by atoms with Gasteiger partial charge >= 0.3 is 23.9 Å². The van der Waals surface area contributed by atoms with Gasteiger partial charge in [-0.05, 0) is 85.2 Å². The number of piperidine rings is 1. The van der Waals surface area contributed by atoms with E-state index in [0.29, 0.717) is 40.9 Å². The van der Waals surface area contributed by atoms with E-state index in [1.165, 1.54) is 5.56 Å². The maximum Gasteiger partial charge on any atom is 0.458 e. The van der Waals surface area contributed by atoms with Crippen molar-refractivity contribution in [2.45, 2.75) is 44.5 Å². The normalized spacial score (nSPS) is 14.6. The minimum Gasteiger partial charge on any atom is -0.404 e. The van der Waals surface area contributed by atoms with Crippen molar-refractivity contribution in [2.75, 3.05) is 33.9 Å². The lowest BCUT2D eigenvalue weighted by Crippen LogP contribution is -2.39. The Morgan fingerprint density at radius 3 is 2.30 bits per heavy atom. The average Bonchev–Trinajstić information content (AvgIpc) is 3.57. The number of aryl methyl sites for hydroxylation is 2. The van der Waals surface area contributed by atoms with E-state index in [0.717, 1.165) is 66.9 Å². The van der Waals surface area contributed by atoms with Gasteiger partial charge in [0.25, 0.3) is 6.01 Å². The van der Waals surface area contributed by atoms with Gasteiger partial charge in [-0.25, -0.2) is 9.97 Å². The van der Waals surface area contributed by atoms with E-state index in [1.807, 2.05) is 36.4 Å². The third-order valence-electron chi connectivity index (χ3n) is 8.49. The molecule has 3 aromatic heterocycles. The predicted octanol–water partition coefficient (Wildman–Crippen LogP) is 7.75. The maximum atomic E-state index is 13.2. The number of fused-ring (bicyclic) bond motifs is 7. The number of nitrogens with zero attached hydrogens (tertiary/aromatic N) is 5. The van der Waals surface area contributed by atoms with Crippen molar-refractivity contribution in [2.24, 2.45) is 5.92 Å². The number of ketones is 2. The predicted molar refractivity (Wildman–Crippen MR) is 186 cm³/mol. The number of carbonyl (C=O) groups is 3. The summed E-state index contributed by atoms with van der Waals surface area (Å²) in [7, 11) is 0. The van der Waals surface area contributed by atoms with Crippen LogP contribution in [0.2, 0.25) is 5.02 Å². The number of pyridine rings is 1. The Morgan fingerprint density at radius 1 is 0.870 bits per heavy atom. The van der Waals surface area contributed by atoms with E-state index in [1.54, 1.807) is 12.4 Å². The average molecular weight is 775 g/mol. The molecule has 0 aliphatic carbocycles. The van der Waals surface area contributed by atoms with Crippen LogP contribution in [0, 0.1) is 5.92 Å². The first-order chi connectivity index (χ1) is 25.6. The van der Waals surface area contributed by atoms with Crippen LogP contribution < -0.4 is 20.9 Å². The number of benzene rings is 2. The molecule has 1 amide bonds. The highest BCUT2D eigenvalue weighted by Crippen LogP contribution is 2.31. The SMILES string of the molecule is O=C(C(=O)C(F)(F)F)C(F)(F)F.O=C(CC1CCN(c2nc3cccnc3o2)CC1)Nc1ccc2cc1CCc1cccc(c1)Nc1ncc(Cl)c(n1)N2. The Morgan fingerprint density at radius 2 is 1.59 bits per heavy atom. The Bertz CT molecular complexity index is 2130. The van der Waals surface area contributed by atoms with Crippen LogP contribution in [0.15, 0.2) is 71.4 Å². The number of oxazole rings is 1. The molecule has 0 atom stereocenters. The quantitative estimate of drug-likeness (QED) is 0.119. The van der Waals surface area contributed by atoms with E-state index in [4.69, 9.17) is 16.0 Å². The molecule has 12 nitrogen and oxygen atoms in total. The van der Waals surface area contributed by atoms with Crippen molar-refractivity contribution in [3.8, 4) is 0 Å². The standard InChI is InChI=1S/C31H29ClN8O2.C4F6O2/c32-24-18-34-30-36-22-4-1-3-19(15-22)6-7-21-17-23(35-28(24)39-30)8-9-25(21)37-27(41)16-20-10-13-40(14-11-20)31-38-26-5-2-12-33-29(26)42-31;5-3(6,7)1(11)2(12)4(8,9)10/h1-5,8-9,12,15,17-18,20H,6-7,10-11,13-14,16H2,(H,37,41)(H2,34,35,36,39);.